The minimum absolute atomic E-state index is 0.374. The van der Waals surface area contributed by atoms with E-state index in [9.17, 15) is 4.79 Å². The third kappa shape index (κ3) is 3.89. The Morgan fingerprint density at radius 3 is 2.36 bits per heavy atom. The Balaban J connectivity index is 3.80. The van der Waals surface area contributed by atoms with E-state index in [-0.39, 0.29) is 0 Å². The van der Waals surface area contributed by atoms with Crippen molar-refractivity contribution in [3.8, 4) is 0 Å². The molecule has 7 N–H and O–H groups in total. The summed E-state index contributed by atoms with van der Waals surface area (Å²) in [4.78, 5) is 10.4. The summed E-state index contributed by atoms with van der Waals surface area (Å²) < 4.78 is 0. The van der Waals surface area contributed by atoms with Gasteiger partial charge < -0.3 is 10.8 Å². The van der Waals surface area contributed by atoms with Crippen LogP contribution in [0.1, 0.15) is 12.8 Å². The van der Waals surface area contributed by atoms with E-state index in [1.165, 1.54) is 0 Å². The number of carboxylic acid groups (broad SMARTS) is 1. The monoisotopic (exact) mass is 162 g/mol. The second-order valence-corrected chi connectivity index (χ2v) is 2.23. The molecule has 0 spiro atoms. The Labute approximate surface area is 64.9 Å². The van der Waals surface area contributed by atoms with Crippen LogP contribution in [0.15, 0.2) is 0 Å². The summed E-state index contributed by atoms with van der Waals surface area (Å²) in [6, 6.07) is -0.835. The standard InChI is InChI=1S/C5H14N4O2/c6-3-1-2-4(5(10)11)9(7)8/h4H,1-3,6-8H2,(H,10,11)/t4-/m0/s1. The van der Waals surface area contributed by atoms with Crippen LogP contribution in [0.2, 0.25) is 0 Å². The summed E-state index contributed by atoms with van der Waals surface area (Å²) in [6.45, 7) is 0.442. The minimum atomic E-state index is -1.02. The molecule has 0 unspecified atom stereocenters. The first kappa shape index (κ1) is 10.3. The van der Waals surface area contributed by atoms with Gasteiger partial charge in [0.25, 0.3) is 0 Å². The van der Waals surface area contributed by atoms with Gasteiger partial charge in [-0.25, -0.2) is 0 Å². The van der Waals surface area contributed by atoms with E-state index in [0.717, 1.165) is 0 Å². The summed E-state index contributed by atoms with van der Waals surface area (Å²) in [5, 5.41) is 9.22. The number of aliphatic carboxylic acids is 1. The Morgan fingerprint density at radius 1 is 1.55 bits per heavy atom. The molecule has 0 bridgehead atoms. The second kappa shape index (κ2) is 5.03. The molecule has 0 aliphatic heterocycles. The van der Waals surface area contributed by atoms with E-state index in [2.05, 4.69) is 0 Å². The van der Waals surface area contributed by atoms with Gasteiger partial charge in [-0.3, -0.25) is 16.5 Å². The quantitative estimate of drug-likeness (QED) is 0.280. The summed E-state index contributed by atoms with van der Waals surface area (Å²) in [5.41, 5.74) is 5.18. The highest BCUT2D eigenvalue weighted by atomic mass is 16.4. The summed E-state index contributed by atoms with van der Waals surface area (Å²) in [7, 11) is 0. The molecule has 1 atom stereocenters. The van der Waals surface area contributed by atoms with Crippen LogP contribution in [-0.4, -0.2) is 28.8 Å². The molecule has 0 aromatic heterocycles. The number of nitrogens with zero attached hydrogens (tertiary/aromatic N) is 1. The van der Waals surface area contributed by atoms with Gasteiger partial charge in [-0.2, -0.15) is 5.12 Å². The van der Waals surface area contributed by atoms with Gasteiger partial charge >= 0.3 is 5.97 Å². The molecule has 0 aromatic carbocycles. The van der Waals surface area contributed by atoms with Crippen molar-refractivity contribution in [1.29, 1.82) is 0 Å². The molecule has 0 saturated carbocycles. The predicted octanol–water partition coefficient (Wildman–Crippen LogP) is -1.77. The van der Waals surface area contributed by atoms with Gasteiger partial charge in [0.2, 0.25) is 0 Å². The predicted molar refractivity (Wildman–Crippen MR) is 39.9 cm³/mol. The van der Waals surface area contributed by atoms with Crippen LogP contribution < -0.4 is 17.4 Å². The smallest absolute Gasteiger partial charge is 0.323 e. The number of carbonyl (C=O) groups is 1. The van der Waals surface area contributed by atoms with E-state index in [0.29, 0.717) is 24.5 Å². The first-order valence-electron chi connectivity index (χ1n) is 3.31. The lowest BCUT2D eigenvalue weighted by Crippen LogP contribution is -2.50. The van der Waals surface area contributed by atoms with Gasteiger partial charge in [0, 0.05) is 0 Å². The van der Waals surface area contributed by atoms with Gasteiger partial charge in [-0.05, 0) is 19.4 Å². The fourth-order valence-corrected chi connectivity index (χ4v) is 0.711. The largest absolute Gasteiger partial charge is 0.480 e. The van der Waals surface area contributed by atoms with Gasteiger partial charge in [-0.1, -0.05) is 0 Å². The molecule has 0 aromatic rings. The van der Waals surface area contributed by atoms with Crippen LogP contribution in [0, 0.1) is 0 Å². The molecule has 0 aliphatic rings. The molecule has 0 amide bonds. The molecule has 11 heavy (non-hydrogen) atoms. The first-order valence-corrected chi connectivity index (χ1v) is 3.31. The van der Waals surface area contributed by atoms with Crippen molar-refractivity contribution in [3.05, 3.63) is 0 Å². The number of hydrogen-bond acceptors (Lipinski definition) is 5. The maximum absolute atomic E-state index is 10.4. The lowest BCUT2D eigenvalue weighted by molar-refractivity contribution is -0.143. The highest BCUT2D eigenvalue weighted by Crippen LogP contribution is 1.98. The first-order chi connectivity index (χ1) is 5.09. The number of carboxylic acids is 1. The number of rotatable bonds is 5. The van der Waals surface area contributed by atoms with E-state index >= 15 is 0 Å². The average Bonchev–Trinajstić information content (AvgIpc) is 1.87. The number of hydrazine groups is 2. The summed E-state index contributed by atoms with van der Waals surface area (Å²) in [6.07, 6.45) is 0.973. The molecule has 0 heterocycles. The minimum Gasteiger partial charge on any atom is -0.480 e. The van der Waals surface area contributed by atoms with Gasteiger partial charge in [0.05, 0.1) is 0 Å². The maximum atomic E-state index is 10.4. The van der Waals surface area contributed by atoms with Gasteiger partial charge in [0.15, 0.2) is 0 Å². The van der Waals surface area contributed by atoms with E-state index < -0.39 is 12.0 Å². The van der Waals surface area contributed by atoms with Crippen molar-refractivity contribution in [2.45, 2.75) is 18.9 Å². The van der Waals surface area contributed by atoms with Crippen LogP contribution in [0.5, 0.6) is 0 Å². The lowest BCUT2D eigenvalue weighted by atomic mass is 10.1. The molecule has 6 heteroatoms. The molecule has 0 rings (SSSR count). The molecular formula is C5H14N4O2. The van der Waals surface area contributed by atoms with Crippen molar-refractivity contribution >= 4 is 5.97 Å². The Kier molecular flexibility index (Phi) is 4.71. The molecule has 0 radical (unpaired) electrons. The van der Waals surface area contributed by atoms with Crippen LogP contribution >= 0.6 is 0 Å². The normalized spacial score (nSPS) is 13.5. The highest BCUT2D eigenvalue weighted by Gasteiger charge is 2.19. The van der Waals surface area contributed by atoms with E-state index in [1.807, 2.05) is 0 Å². The third-order valence-electron chi connectivity index (χ3n) is 1.33. The Morgan fingerprint density at radius 2 is 2.09 bits per heavy atom. The van der Waals surface area contributed by atoms with Crippen molar-refractivity contribution in [2.24, 2.45) is 17.4 Å². The van der Waals surface area contributed by atoms with Crippen molar-refractivity contribution < 1.29 is 9.90 Å². The fraction of sp³-hybridized carbons (Fsp3) is 0.800. The van der Waals surface area contributed by atoms with Crippen LogP contribution in [0.4, 0.5) is 0 Å². The summed E-state index contributed by atoms with van der Waals surface area (Å²) in [5.74, 6) is 9.11. The average molecular weight is 162 g/mol. The third-order valence-corrected chi connectivity index (χ3v) is 1.33. The molecular weight excluding hydrogens is 148 g/mol. The number of hydrogen-bond donors (Lipinski definition) is 4. The maximum Gasteiger partial charge on any atom is 0.323 e. The Bertz CT molecular complexity index is 128. The fourth-order valence-electron chi connectivity index (χ4n) is 0.711. The lowest BCUT2D eigenvalue weighted by Gasteiger charge is -2.17. The van der Waals surface area contributed by atoms with Crippen molar-refractivity contribution in [3.63, 3.8) is 0 Å². The molecule has 66 valence electrons. The van der Waals surface area contributed by atoms with Crippen LogP contribution in [-0.2, 0) is 4.79 Å². The summed E-state index contributed by atoms with van der Waals surface area (Å²) >= 11 is 0. The highest BCUT2D eigenvalue weighted by molar-refractivity contribution is 5.73. The molecule has 0 saturated heterocycles. The number of nitrogens with two attached hydrogens (primary N) is 3. The topological polar surface area (TPSA) is 119 Å². The van der Waals surface area contributed by atoms with Crippen LogP contribution in [0.3, 0.4) is 0 Å². The van der Waals surface area contributed by atoms with Crippen LogP contribution in [0.25, 0.3) is 0 Å². The second-order valence-electron chi connectivity index (χ2n) is 2.23. The molecule has 6 nitrogen and oxygen atoms in total. The van der Waals surface area contributed by atoms with Crippen molar-refractivity contribution in [2.75, 3.05) is 6.54 Å². The van der Waals surface area contributed by atoms with Gasteiger partial charge in [0.1, 0.15) is 6.04 Å². The van der Waals surface area contributed by atoms with E-state index in [1.54, 1.807) is 0 Å². The van der Waals surface area contributed by atoms with Crippen molar-refractivity contribution in [1.82, 2.24) is 5.12 Å². The molecule has 0 fully saturated rings. The Hall–Kier alpha value is -0.690. The van der Waals surface area contributed by atoms with Gasteiger partial charge in [-0.15, -0.1) is 0 Å². The zero-order valence-corrected chi connectivity index (χ0v) is 6.23. The zero-order chi connectivity index (χ0) is 8.85. The zero-order valence-electron chi connectivity index (χ0n) is 6.23. The van der Waals surface area contributed by atoms with E-state index in [4.69, 9.17) is 22.5 Å². The SMILES string of the molecule is NCCC[C@@H](C(=O)O)N(N)N. The molecule has 0 aliphatic carbocycles.